The van der Waals surface area contributed by atoms with Gasteiger partial charge in [0.1, 0.15) is 5.82 Å². The number of rotatable bonds is 3. The zero-order valence-electron chi connectivity index (χ0n) is 10.0. The highest BCUT2D eigenvalue weighted by Gasteiger charge is 2.34. The van der Waals surface area contributed by atoms with Gasteiger partial charge in [0.25, 0.3) is 0 Å². The number of aromatic nitrogens is 2. The van der Waals surface area contributed by atoms with E-state index >= 15 is 0 Å². The Bertz CT molecular complexity index is 575. The number of hydrogen-bond acceptors (Lipinski definition) is 2. The van der Waals surface area contributed by atoms with Gasteiger partial charge in [-0.1, -0.05) is 0 Å². The van der Waals surface area contributed by atoms with Crippen LogP contribution < -0.4 is 5.32 Å². The molecule has 0 amide bonds. The minimum Gasteiger partial charge on any atom is -0.379 e. The van der Waals surface area contributed by atoms with E-state index < -0.39 is 17.6 Å². The zero-order chi connectivity index (χ0) is 14.0. The van der Waals surface area contributed by atoms with E-state index in [9.17, 15) is 17.6 Å². The molecular formula is C12H11F4N3. The Balaban J connectivity index is 2.13. The molecule has 102 valence electrons. The van der Waals surface area contributed by atoms with Crippen LogP contribution >= 0.6 is 0 Å². The zero-order valence-corrected chi connectivity index (χ0v) is 10.0. The molecule has 0 saturated heterocycles. The molecule has 7 heteroatoms. The maximum Gasteiger partial charge on any atom is 0.419 e. The molecule has 1 heterocycles. The fraction of sp³-hybridized carbons (Fsp3) is 0.250. The van der Waals surface area contributed by atoms with Crippen molar-refractivity contribution in [1.29, 1.82) is 0 Å². The van der Waals surface area contributed by atoms with E-state index in [4.69, 9.17) is 0 Å². The van der Waals surface area contributed by atoms with Crippen molar-refractivity contribution < 1.29 is 17.6 Å². The SMILES string of the molecule is Cn1ccc(CNc2ccc(F)c(C(F)(F)F)c2)n1. The van der Waals surface area contributed by atoms with Crippen molar-refractivity contribution in [2.75, 3.05) is 5.32 Å². The molecule has 0 aliphatic heterocycles. The van der Waals surface area contributed by atoms with Gasteiger partial charge in [0.15, 0.2) is 0 Å². The quantitative estimate of drug-likeness (QED) is 0.870. The number of nitrogens with zero attached hydrogens (tertiary/aromatic N) is 2. The smallest absolute Gasteiger partial charge is 0.379 e. The molecule has 19 heavy (non-hydrogen) atoms. The molecule has 0 unspecified atom stereocenters. The van der Waals surface area contributed by atoms with Gasteiger partial charge in [-0.25, -0.2) is 4.39 Å². The monoisotopic (exact) mass is 273 g/mol. The molecule has 0 aliphatic carbocycles. The summed E-state index contributed by atoms with van der Waals surface area (Å²) >= 11 is 0. The van der Waals surface area contributed by atoms with Crippen molar-refractivity contribution >= 4 is 5.69 Å². The van der Waals surface area contributed by atoms with Gasteiger partial charge in [0, 0.05) is 18.9 Å². The number of hydrogen-bond donors (Lipinski definition) is 1. The summed E-state index contributed by atoms with van der Waals surface area (Å²) in [6.07, 6.45) is -2.98. The van der Waals surface area contributed by atoms with E-state index in [1.807, 2.05) is 0 Å². The minimum atomic E-state index is -4.70. The van der Waals surface area contributed by atoms with E-state index in [2.05, 4.69) is 10.4 Å². The Morgan fingerprint density at radius 3 is 2.58 bits per heavy atom. The highest BCUT2D eigenvalue weighted by atomic mass is 19.4. The molecule has 0 saturated carbocycles. The van der Waals surface area contributed by atoms with Crippen molar-refractivity contribution in [3.8, 4) is 0 Å². The van der Waals surface area contributed by atoms with Crippen LogP contribution in [0.2, 0.25) is 0 Å². The molecule has 0 bridgehead atoms. The second kappa shape index (κ2) is 4.91. The predicted octanol–water partition coefficient (Wildman–Crippen LogP) is 3.19. The highest BCUT2D eigenvalue weighted by Crippen LogP contribution is 2.33. The number of anilines is 1. The van der Waals surface area contributed by atoms with Crippen molar-refractivity contribution in [2.24, 2.45) is 7.05 Å². The molecule has 1 aromatic carbocycles. The Hall–Kier alpha value is -2.05. The first-order valence-corrected chi connectivity index (χ1v) is 5.45. The Morgan fingerprint density at radius 2 is 2.00 bits per heavy atom. The van der Waals surface area contributed by atoms with Gasteiger partial charge in [-0.2, -0.15) is 18.3 Å². The first-order chi connectivity index (χ1) is 8.86. The van der Waals surface area contributed by atoms with Crippen molar-refractivity contribution in [3.05, 3.63) is 47.5 Å². The molecule has 0 atom stereocenters. The average molecular weight is 273 g/mol. The van der Waals surface area contributed by atoms with Gasteiger partial charge in [0.2, 0.25) is 0 Å². The molecule has 0 radical (unpaired) electrons. The molecule has 1 N–H and O–H groups in total. The van der Waals surface area contributed by atoms with Gasteiger partial charge >= 0.3 is 6.18 Å². The second-order valence-corrected chi connectivity index (χ2v) is 4.03. The maximum atomic E-state index is 13.1. The summed E-state index contributed by atoms with van der Waals surface area (Å²) in [6, 6.07) is 4.54. The van der Waals surface area contributed by atoms with E-state index in [1.165, 1.54) is 6.07 Å². The number of aryl methyl sites for hydroxylation is 1. The van der Waals surface area contributed by atoms with E-state index in [0.717, 1.165) is 12.1 Å². The van der Waals surface area contributed by atoms with Crippen molar-refractivity contribution in [2.45, 2.75) is 12.7 Å². The average Bonchev–Trinajstić information content (AvgIpc) is 2.72. The predicted molar refractivity (Wildman–Crippen MR) is 61.9 cm³/mol. The van der Waals surface area contributed by atoms with Gasteiger partial charge in [0.05, 0.1) is 17.8 Å². The fourth-order valence-corrected chi connectivity index (χ4v) is 1.60. The third-order valence-electron chi connectivity index (χ3n) is 2.51. The Kier molecular flexibility index (Phi) is 3.46. The molecular weight excluding hydrogens is 262 g/mol. The van der Waals surface area contributed by atoms with Crippen molar-refractivity contribution in [3.63, 3.8) is 0 Å². The molecule has 2 aromatic rings. The summed E-state index contributed by atoms with van der Waals surface area (Å²) < 4.78 is 52.2. The first-order valence-electron chi connectivity index (χ1n) is 5.45. The minimum absolute atomic E-state index is 0.194. The molecule has 3 nitrogen and oxygen atoms in total. The lowest BCUT2D eigenvalue weighted by Gasteiger charge is -2.11. The lowest BCUT2D eigenvalue weighted by atomic mass is 10.2. The van der Waals surface area contributed by atoms with Crippen LogP contribution in [-0.4, -0.2) is 9.78 Å². The Morgan fingerprint density at radius 1 is 1.26 bits per heavy atom. The third-order valence-corrected chi connectivity index (χ3v) is 2.51. The number of nitrogens with one attached hydrogen (secondary N) is 1. The van der Waals surface area contributed by atoms with Crippen LogP contribution in [-0.2, 0) is 19.8 Å². The van der Waals surface area contributed by atoms with Gasteiger partial charge in [-0.15, -0.1) is 0 Å². The van der Waals surface area contributed by atoms with E-state index in [-0.39, 0.29) is 12.2 Å². The summed E-state index contributed by atoms with van der Waals surface area (Å²) in [6.45, 7) is 0.268. The second-order valence-electron chi connectivity index (χ2n) is 4.03. The summed E-state index contributed by atoms with van der Waals surface area (Å²) in [7, 11) is 1.74. The highest BCUT2D eigenvalue weighted by molar-refractivity contribution is 5.47. The van der Waals surface area contributed by atoms with Crippen LogP contribution in [0.3, 0.4) is 0 Å². The molecule has 2 rings (SSSR count). The van der Waals surface area contributed by atoms with Gasteiger partial charge in [-0.05, 0) is 24.3 Å². The molecule has 0 fully saturated rings. The number of alkyl halides is 3. The van der Waals surface area contributed by atoms with Crippen molar-refractivity contribution in [1.82, 2.24) is 9.78 Å². The lowest BCUT2D eigenvalue weighted by Crippen LogP contribution is -2.09. The van der Waals surface area contributed by atoms with Crippen LogP contribution in [0.5, 0.6) is 0 Å². The molecule has 0 aliphatic rings. The normalized spacial score (nSPS) is 11.6. The van der Waals surface area contributed by atoms with E-state index in [0.29, 0.717) is 5.69 Å². The van der Waals surface area contributed by atoms with Gasteiger partial charge < -0.3 is 5.32 Å². The van der Waals surface area contributed by atoms with Crippen LogP contribution in [0.1, 0.15) is 11.3 Å². The number of halogens is 4. The largest absolute Gasteiger partial charge is 0.419 e. The first kappa shape index (κ1) is 13.4. The summed E-state index contributed by atoms with van der Waals surface area (Å²) in [5.74, 6) is -1.28. The molecule has 1 aromatic heterocycles. The third kappa shape index (κ3) is 3.24. The van der Waals surface area contributed by atoms with Crippen LogP contribution in [0, 0.1) is 5.82 Å². The Labute approximate surface area is 106 Å². The molecule has 0 spiro atoms. The van der Waals surface area contributed by atoms with Crippen LogP contribution in [0.4, 0.5) is 23.2 Å². The van der Waals surface area contributed by atoms with E-state index in [1.54, 1.807) is 24.0 Å². The van der Waals surface area contributed by atoms with Gasteiger partial charge in [-0.3, -0.25) is 4.68 Å². The standard InChI is InChI=1S/C12H11F4N3/c1-19-5-4-9(18-19)7-17-8-2-3-11(13)10(6-8)12(14,15)16/h2-6,17H,7H2,1H3. The summed E-state index contributed by atoms with van der Waals surface area (Å²) in [4.78, 5) is 0. The summed E-state index contributed by atoms with van der Waals surface area (Å²) in [5.41, 5.74) is -0.404. The maximum absolute atomic E-state index is 13.1. The lowest BCUT2D eigenvalue weighted by molar-refractivity contribution is -0.139. The van der Waals surface area contributed by atoms with Crippen LogP contribution in [0.15, 0.2) is 30.5 Å². The van der Waals surface area contributed by atoms with Crippen LogP contribution in [0.25, 0.3) is 0 Å². The number of benzene rings is 1. The summed E-state index contributed by atoms with van der Waals surface area (Å²) in [5, 5.41) is 6.84. The topological polar surface area (TPSA) is 29.9 Å². The fourth-order valence-electron chi connectivity index (χ4n) is 1.60.